The van der Waals surface area contributed by atoms with Crippen LogP contribution in [0.4, 0.5) is 5.69 Å². The van der Waals surface area contributed by atoms with Crippen molar-refractivity contribution in [3.63, 3.8) is 0 Å². The smallest absolute Gasteiger partial charge is 0.282 e. The van der Waals surface area contributed by atoms with Crippen LogP contribution in [0.3, 0.4) is 0 Å². The normalized spacial score (nSPS) is 20.7. The quantitative estimate of drug-likeness (QED) is 0.797. The number of fused-ring (bicyclic) bond motifs is 1. The predicted octanol–water partition coefficient (Wildman–Crippen LogP) is 1.52. The van der Waals surface area contributed by atoms with Crippen LogP contribution in [0.5, 0.6) is 0 Å². The van der Waals surface area contributed by atoms with E-state index < -0.39 is 10.2 Å². The Hall–Kier alpha value is -2.07. The highest BCUT2D eigenvalue weighted by Gasteiger charge is 2.35. The van der Waals surface area contributed by atoms with Gasteiger partial charge in [-0.2, -0.15) is 17.0 Å². The van der Waals surface area contributed by atoms with Crippen LogP contribution in [0, 0.1) is 0 Å². The van der Waals surface area contributed by atoms with Gasteiger partial charge in [-0.05, 0) is 44.0 Å². The molecular formula is C20H27N5O3S. The second-order valence-corrected chi connectivity index (χ2v) is 9.52. The number of pyridine rings is 1. The Balaban J connectivity index is 1.38. The lowest BCUT2D eigenvalue weighted by Gasteiger charge is -2.38. The first-order valence-electron chi connectivity index (χ1n) is 10.1. The Morgan fingerprint density at radius 2 is 1.69 bits per heavy atom. The van der Waals surface area contributed by atoms with Crippen LogP contribution in [0.15, 0.2) is 36.5 Å². The number of piperazine rings is 1. The summed E-state index contributed by atoms with van der Waals surface area (Å²) in [6, 6.07) is 9.09. The Kier molecular flexibility index (Phi) is 5.82. The standard InChI is InChI=1S/C20H27N5O3S/c1-16(20(26)22-19-8-4-7-18-17(19)6-5-9-21-18)23-12-14-25(15-13-23)29(27,28)24-10-2-3-11-24/h4-9,16H,2-3,10-15H2,1H3,(H,22,26)/t16-/m0/s1. The van der Waals surface area contributed by atoms with Gasteiger partial charge >= 0.3 is 0 Å². The van der Waals surface area contributed by atoms with E-state index in [-0.39, 0.29) is 11.9 Å². The van der Waals surface area contributed by atoms with Gasteiger partial charge in [-0.25, -0.2) is 0 Å². The maximum atomic E-state index is 12.8. The van der Waals surface area contributed by atoms with Gasteiger partial charge in [0.05, 0.1) is 17.2 Å². The van der Waals surface area contributed by atoms with Gasteiger partial charge < -0.3 is 5.32 Å². The van der Waals surface area contributed by atoms with Crippen molar-refractivity contribution in [1.82, 2.24) is 18.5 Å². The van der Waals surface area contributed by atoms with Crippen LogP contribution in [0.25, 0.3) is 10.9 Å². The summed E-state index contributed by atoms with van der Waals surface area (Å²) >= 11 is 0. The van der Waals surface area contributed by atoms with Crippen molar-refractivity contribution in [3.05, 3.63) is 36.5 Å². The molecule has 1 amide bonds. The first-order chi connectivity index (χ1) is 14.0. The summed E-state index contributed by atoms with van der Waals surface area (Å²) in [4.78, 5) is 19.2. The van der Waals surface area contributed by atoms with Crippen molar-refractivity contribution in [2.45, 2.75) is 25.8 Å². The number of aromatic nitrogens is 1. The largest absolute Gasteiger partial charge is 0.324 e. The van der Waals surface area contributed by atoms with E-state index in [1.165, 1.54) is 0 Å². The summed E-state index contributed by atoms with van der Waals surface area (Å²) in [6.45, 7) is 4.99. The molecule has 0 saturated carbocycles. The zero-order chi connectivity index (χ0) is 20.4. The molecule has 2 saturated heterocycles. The number of carbonyl (C=O) groups excluding carboxylic acids is 1. The monoisotopic (exact) mass is 417 g/mol. The van der Waals surface area contributed by atoms with Gasteiger partial charge in [-0.3, -0.25) is 14.7 Å². The number of rotatable bonds is 5. The fraction of sp³-hybridized carbons (Fsp3) is 0.500. The molecule has 2 aliphatic rings. The van der Waals surface area contributed by atoms with Crippen LogP contribution in [-0.2, 0) is 15.0 Å². The summed E-state index contributed by atoms with van der Waals surface area (Å²) in [5.74, 6) is -0.0998. The van der Waals surface area contributed by atoms with E-state index in [1.54, 1.807) is 14.8 Å². The molecule has 0 aliphatic carbocycles. The molecule has 2 fully saturated rings. The number of benzene rings is 1. The van der Waals surface area contributed by atoms with Crippen LogP contribution in [-0.4, -0.2) is 78.1 Å². The zero-order valence-electron chi connectivity index (χ0n) is 16.6. The van der Waals surface area contributed by atoms with E-state index >= 15 is 0 Å². The Morgan fingerprint density at radius 1 is 1.00 bits per heavy atom. The van der Waals surface area contributed by atoms with E-state index in [2.05, 4.69) is 10.3 Å². The van der Waals surface area contributed by atoms with Crippen molar-refractivity contribution in [1.29, 1.82) is 0 Å². The third kappa shape index (κ3) is 4.13. The molecule has 0 spiro atoms. The molecule has 0 radical (unpaired) electrons. The van der Waals surface area contributed by atoms with Crippen LogP contribution in [0.1, 0.15) is 19.8 Å². The zero-order valence-corrected chi connectivity index (χ0v) is 17.4. The number of amides is 1. The number of hydrogen-bond acceptors (Lipinski definition) is 5. The van der Waals surface area contributed by atoms with E-state index in [0.29, 0.717) is 39.3 Å². The lowest BCUT2D eigenvalue weighted by molar-refractivity contribution is -0.121. The van der Waals surface area contributed by atoms with Crippen LogP contribution >= 0.6 is 0 Å². The molecule has 156 valence electrons. The summed E-state index contributed by atoms with van der Waals surface area (Å²) in [7, 11) is -3.37. The van der Waals surface area contributed by atoms with Crippen molar-refractivity contribution in [2.24, 2.45) is 0 Å². The second kappa shape index (κ2) is 8.35. The van der Waals surface area contributed by atoms with Crippen LogP contribution < -0.4 is 5.32 Å². The van der Waals surface area contributed by atoms with Crippen molar-refractivity contribution in [3.8, 4) is 0 Å². The topological polar surface area (TPSA) is 85.9 Å². The second-order valence-electron chi connectivity index (χ2n) is 7.59. The molecule has 29 heavy (non-hydrogen) atoms. The summed E-state index contributed by atoms with van der Waals surface area (Å²) in [5, 5.41) is 3.91. The van der Waals surface area contributed by atoms with Crippen molar-refractivity contribution >= 4 is 32.7 Å². The molecule has 1 aromatic heterocycles. The third-order valence-electron chi connectivity index (χ3n) is 5.82. The minimum Gasteiger partial charge on any atom is -0.324 e. The number of nitrogens with zero attached hydrogens (tertiary/aromatic N) is 4. The van der Waals surface area contributed by atoms with Crippen molar-refractivity contribution in [2.75, 3.05) is 44.6 Å². The highest BCUT2D eigenvalue weighted by Crippen LogP contribution is 2.22. The highest BCUT2D eigenvalue weighted by molar-refractivity contribution is 7.86. The number of anilines is 1. The van der Waals surface area contributed by atoms with Gasteiger partial charge in [-0.15, -0.1) is 0 Å². The molecule has 2 aromatic rings. The van der Waals surface area contributed by atoms with Gasteiger partial charge in [0.1, 0.15) is 0 Å². The van der Waals surface area contributed by atoms with Gasteiger partial charge in [0.2, 0.25) is 5.91 Å². The molecule has 2 aliphatic heterocycles. The molecule has 1 N–H and O–H groups in total. The Labute approximate surface area is 171 Å². The Morgan fingerprint density at radius 3 is 2.41 bits per heavy atom. The van der Waals surface area contributed by atoms with Crippen molar-refractivity contribution < 1.29 is 13.2 Å². The summed E-state index contributed by atoms with van der Waals surface area (Å²) in [5.41, 5.74) is 1.57. The number of carbonyl (C=O) groups is 1. The fourth-order valence-electron chi connectivity index (χ4n) is 4.02. The number of hydrogen-bond donors (Lipinski definition) is 1. The molecular weight excluding hydrogens is 390 g/mol. The molecule has 0 bridgehead atoms. The molecule has 1 atom stereocenters. The maximum absolute atomic E-state index is 12.8. The molecule has 0 unspecified atom stereocenters. The van der Waals surface area contributed by atoms with Gasteiger partial charge in [0, 0.05) is 50.9 Å². The SMILES string of the molecule is C[C@@H](C(=O)Nc1cccc2ncccc12)N1CCN(S(=O)(=O)N2CCCC2)CC1. The first kappa shape index (κ1) is 20.2. The van der Waals surface area contributed by atoms with Gasteiger partial charge in [-0.1, -0.05) is 6.07 Å². The predicted molar refractivity (Wildman–Crippen MR) is 113 cm³/mol. The maximum Gasteiger partial charge on any atom is 0.282 e. The first-order valence-corrected chi connectivity index (χ1v) is 11.5. The minimum absolute atomic E-state index is 0.0998. The molecule has 1 aromatic carbocycles. The summed E-state index contributed by atoms with van der Waals surface area (Å²) in [6.07, 6.45) is 3.59. The highest BCUT2D eigenvalue weighted by atomic mass is 32.2. The molecule has 4 rings (SSSR count). The Bertz CT molecular complexity index is 977. The number of nitrogens with one attached hydrogen (secondary N) is 1. The summed E-state index contributed by atoms with van der Waals surface area (Å²) < 4.78 is 28.6. The fourth-order valence-corrected chi connectivity index (χ4v) is 5.69. The third-order valence-corrected chi connectivity index (χ3v) is 7.86. The van der Waals surface area contributed by atoms with Gasteiger partial charge in [0.25, 0.3) is 10.2 Å². The van der Waals surface area contributed by atoms with E-state index in [4.69, 9.17) is 0 Å². The molecule has 3 heterocycles. The minimum atomic E-state index is -3.37. The van der Waals surface area contributed by atoms with Crippen LogP contribution in [0.2, 0.25) is 0 Å². The van der Waals surface area contributed by atoms with E-state index in [0.717, 1.165) is 29.4 Å². The average Bonchev–Trinajstić information content (AvgIpc) is 3.29. The average molecular weight is 418 g/mol. The van der Waals surface area contributed by atoms with E-state index in [9.17, 15) is 13.2 Å². The molecule has 8 nitrogen and oxygen atoms in total. The van der Waals surface area contributed by atoms with E-state index in [1.807, 2.05) is 42.2 Å². The molecule has 9 heteroatoms. The lowest BCUT2D eigenvalue weighted by Crippen LogP contribution is -2.56. The lowest BCUT2D eigenvalue weighted by atomic mass is 10.1. The van der Waals surface area contributed by atoms with Gasteiger partial charge in [0.15, 0.2) is 0 Å².